The van der Waals surface area contributed by atoms with E-state index < -0.39 is 5.97 Å². The quantitative estimate of drug-likeness (QED) is 0.767. The summed E-state index contributed by atoms with van der Waals surface area (Å²) in [5, 5.41) is 8.80. The number of hydrogen-bond acceptors (Lipinski definition) is 2. The molecule has 0 amide bonds. The maximum Gasteiger partial charge on any atom is 0.356 e. The second-order valence-electron chi connectivity index (χ2n) is 2.21. The van der Waals surface area contributed by atoms with Gasteiger partial charge in [-0.05, 0) is 13.0 Å². The lowest BCUT2D eigenvalue weighted by molar-refractivity contribution is 0.0690. The molecular weight excluding hydrogens is 201 g/mol. The molecule has 0 atom stereocenters. The Hall–Kier alpha value is -0.800. The van der Waals surface area contributed by atoms with Crippen LogP contribution in [0.1, 0.15) is 16.2 Å². The first kappa shape index (κ1) is 9.29. The maximum absolute atomic E-state index is 10.5. The average molecular weight is 206 g/mol. The van der Waals surface area contributed by atoms with Crippen molar-refractivity contribution in [3.05, 3.63) is 27.5 Å². The van der Waals surface area contributed by atoms with Crippen LogP contribution in [-0.2, 0) is 0 Å². The minimum Gasteiger partial charge on any atom is -0.476 e. The standard InChI is InChI=1S/C7H5Cl2NO2/c1-3-2-4(8)5(9)6(10-3)7(11)12/h2H,1H3,(H,11,12). The van der Waals surface area contributed by atoms with Crippen molar-refractivity contribution in [1.82, 2.24) is 4.98 Å². The Morgan fingerprint density at radius 1 is 1.58 bits per heavy atom. The van der Waals surface area contributed by atoms with Gasteiger partial charge in [0.25, 0.3) is 0 Å². The summed E-state index contributed by atoms with van der Waals surface area (Å²) in [6.07, 6.45) is 0. The highest BCUT2D eigenvalue weighted by atomic mass is 35.5. The molecule has 12 heavy (non-hydrogen) atoms. The third-order valence-electron chi connectivity index (χ3n) is 1.24. The second-order valence-corrected chi connectivity index (χ2v) is 3.00. The van der Waals surface area contributed by atoms with Crippen LogP contribution in [-0.4, -0.2) is 16.1 Å². The van der Waals surface area contributed by atoms with Crippen LogP contribution >= 0.6 is 23.2 Å². The number of carboxylic acids is 1. The molecule has 1 heterocycles. The predicted molar refractivity (Wildman–Crippen MR) is 46.0 cm³/mol. The molecule has 1 rings (SSSR count). The maximum atomic E-state index is 10.5. The molecule has 0 fully saturated rings. The molecule has 0 aliphatic carbocycles. The van der Waals surface area contributed by atoms with Gasteiger partial charge in [0.2, 0.25) is 0 Å². The molecule has 5 heteroatoms. The van der Waals surface area contributed by atoms with Crippen molar-refractivity contribution in [2.24, 2.45) is 0 Å². The minimum atomic E-state index is -1.18. The van der Waals surface area contributed by atoms with E-state index >= 15 is 0 Å². The molecule has 1 N–H and O–H groups in total. The van der Waals surface area contributed by atoms with E-state index in [1.54, 1.807) is 6.92 Å². The highest BCUT2D eigenvalue weighted by Gasteiger charge is 2.13. The van der Waals surface area contributed by atoms with Crippen LogP contribution in [0, 0.1) is 6.92 Å². The topological polar surface area (TPSA) is 50.2 Å². The van der Waals surface area contributed by atoms with Crippen LogP contribution in [0.25, 0.3) is 0 Å². The van der Waals surface area contributed by atoms with Crippen LogP contribution in [0.4, 0.5) is 0 Å². The molecule has 0 spiro atoms. The molecule has 3 nitrogen and oxygen atoms in total. The fourth-order valence-electron chi connectivity index (χ4n) is 0.759. The fraction of sp³-hybridized carbons (Fsp3) is 0.143. The average Bonchev–Trinajstić information content (AvgIpc) is 1.96. The lowest BCUT2D eigenvalue weighted by atomic mass is 10.3. The molecule has 0 radical (unpaired) electrons. The minimum absolute atomic E-state index is 0.0187. The molecule has 1 aromatic heterocycles. The van der Waals surface area contributed by atoms with E-state index in [4.69, 9.17) is 28.3 Å². The number of aromatic nitrogens is 1. The van der Waals surface area contributed by atoms with Crippen molar-refractivity contribution in [1.29, 1.82) is 0 Å². The smallest absolute Gasteiger partial charge is 0.356 e. The van der Waals surface area contributed by atoms with Gasteiger partial charge in [0, 0.05) is 5.69 Å². The van der Waals surface area contributed by atoms with E-state index in [2.05, 4.69) is 4.98 Å². The van der Waals surface area contributed by atoms with Gasteiger partial charge in [0.1, 0.15) is 0 Å². The van der Waals surface area contributed by atoms with E-state index in [0.717, 1.165) is 0 Å². The van der Waals surface area contributed by atoms with Gasteiger partial charge >= 0.3 is 5.97 Å². The Bertz CT molecular complexity index is 338. The number of pyridine rings is 1. The second kappa shape index (κ2) is 3.29. The van der Waals surface area contributed by atoms with Crippen molar-refractivity contribution >= 4 is 29.2 Å². The normalized spacial score (nSPS) is 9.92. The summed E-state index contributed by atoms with van der Waals surface area (Å²) in [5.74, 6) is -1.18. The van der Waals surface area contributed by atoms with Crippen molar-refractivity contribution < 1.29 is 9.90 Å². The number of halogens is 2. The van der Waals surface area contributed by atoms with Crippen molar-refractivity contribution in [3.63, 3.8) is 0 Å². The summed E-state index contributed by atoms with van der Waals surface area (Å²) in [6.45, 7) is 1.65. The van der Waals surface area contributed by atoms with Crippen LogP contribution < -0.4 is 0 Å². The van der Waals surface area contributed by atoms with Crippen molar-refractivity contribution in [2.75, 3.05) is 0 Å². The molecule has 0 saturated carbocycles. The third kappa shape index (κ3) is 1.68. The Kier molecular flexibility index (Phi) is 2.55. The van der Waals surface area contributed by atoms with Gasteiger partial charge in [-0.2, -0.15) is 0 Å². The highest BCUT2D eigenvalue weighted by Crippen LogP contribution is 2.24. The highest BCUT2D eigenvalue weighted by molar-refractivity contribution is 6.43. The van der Waals surface area contributed by atoms with Crippen molar-refractivity contribution in [3.8, 4) is 0 Å². The van der Waals surface area contributed by atoms with Gasteiger partial charge in [-0.3, -0.25) is 0 Å². The Morgan fingerprint density at radius 2 is 2.17 bits per heavy atom. The third-order valence-corrected chi connectivity index (χ3v) is 2.02. The van der Waals surface area contributed by atoms with Gasteiger partial charge in [0.05, 0.1) is 10.0 Å². The number of carboxylic acid groups (broad SMARTS) is 1. The largest absolute Gasteiger partial charge is 0.476 e. The Morgan fingerprint density at radius 3 is 2.67 bits per heavy atom. The van der Waals surface area contributed by atoms with Crippen LogP contribution in [0.2, 0.25) is 10.0 Å². The molecule has 0 aromatic carbocycles. The lowest BCUT2D eigenvalue weighted by Gasteiger charge is -2.01. The van der Waals surface area contributed by atoms with Crippen LogP contribution in [0.15, 0.2) is 6.07 Å². The summed E-state index contributed by atoms with van der Waals surface area (Å²) in [7, 11) is 0. The Balaban J connectivity index is 3.37. The summed E-state index contributed by atoms with van der Waals surface area (Å²) in [4.78, 5) is 14.2. The van der Waals surface area contributed by atoms with Gasteiger partial charge in [-0.15, -0.1) is 0 Å². The number of nitrogens with zero attached hydrogens (tertiary/aromatic N) is 1. The zero-order valence-electron chi connectivity index (χ0n) is 6.14. The number of aryl methyl sites for hydroxylation is 1. The lowest BCUT2D eigenvalue weighted by Crippen LogP contribution is -2.02. The SMILES string of the molecule is Cc1cc(Cl)c(Cl)c(C(=O)O)n1. The first-order chi connectivity index (χ1) is 5.52. The number of carbonyl (C=O) groups is 1. The van der Waals surface area contributed by atoms with Gasteiger partial charge < -0.3 is 5.11 Å². The molecule has 0 aliphatic rings. The van der Waals surface area contributed by atoms with E-state index in [1.807, 2.05) is 0 Å². The van der Waals surface area contributed by atoms with Crippen LogP contribution in [0.5, 0.6) is 0 Å². The van der Waals surface area contributed by atoms with E-state index in [-0.39, 0.29) is 15.7 Å². The zero-order chi connectivity index (χ0) is 9.30. The van der Waals surface area contributed by atoms with E-state index in [9.17, 15) is 4.79 Å². The monoisotopic (exact) mass is 205 g/mol. The molecule has 0 saturated heterocycles. The Labute approximate surface area is 78.9 Å². The van der Waals surface area contributed by atoms with Gasteiger partial charge in [-0.1, -0.05) is 23.2 Å². The number of hydrogen-bond donors (Lipinski definition) is 1. The molecule has 0 aliphatic heterocycles. The first-order valence-electron chi connectivity index (χ1n) is 3.08. The van der Waals surface area contributed by atoms with Crippen LogP contribution in [0.3, 0.4) is 0 Å². The number of rotatable bonds is 1. The van der Waals surface area contributed by atoms with Gasteiger partial charge in [-0.25, -0.2) is 9.78 Å². The summed E-state index contributed by atoms with van der Waals surface area (Å²) in [5.41, 5.74) is 0.323. The summed E-state index contributed by atoms with van der Waals surface area (Å²) >= 11 is 11.2. The fourth-order valence-corrected chi connectivity index (χ4v) is 1.18. The summed E-state index contributed by atoms with van der Waals surface area (Å²) in [6, 6.07) is 1.51. The van der Waals surface area contributed by atoms with Crippen molar-refractivity contribution in [2.45, 2.75) is 6.92 Å². The molecule has 1 aromatic rings. The van der Waals surface area contributed by atoms with E-state index in [0.29, 0.717) is 5.69 Å². The molecule has 0 unspecified atom stereocenters. The predicted octanol–water partition coefficient (Wildman–Crippen LogP) is 2.40. The number of aromatic carboxylic acids is 1. The zero-order valence-corrected chi connectivity index (χ0v) is 7.65. The first-order valence-corrected chi connectivity index (χ1v) is 3.84. The van der Waals surface area contributed by atoms with Gasteiger partial charge in [0.15, 0.2) is 5.69 Å². The molecule has 64 valence electrons. The molecular formula is C7H5Cl2NO2. The molecule has 0 bridgehead atoms. The summed E-state index contributed by atoms with van der Waals surface area (Å²) < 4.78 is 0. The van der Waals surface area contributed by atoms with E-state index in [1.165, 1.54) is 6.07 Å².